The van der Waals surface area contributed by atoms with Crippen molar-refractivity contribution in [2.45, 2.75) is 37.7 Å². The Morgan fingerprint density at radius 1 is 1.55 bits per heavy atom. The summed E-state index contributed by atoms with van der Waals surface area (Å²) in [4.78, 5) is 0. The second-order valence-corrected chi connectivity index (χ2v) is 4.57. The number of hydrogen-bond donors (Lipinski definition) is 1. The first-order valence-corrected chi connectivity index (χ1v) is 5.16. The molecule has 0 saturated carbocycles. The fourth-order valence-electron chi connectivity index (χ4n) is 1.02. The first kappa shape index (κ1) is 9.36. The fraction of sp³-hybridized carbons (Fsp3) is 1.00. The van der Waals surface area contributed by atoms with E-state index in [4.69, 9.17) is 4.74 Å². The highest BCUT2D eigenvalue weighted by Gasteiger charge is 2.30. The van der Waals surface area contributed by atoms with Gasteiger partial charge in [-0.05, 0) is 32.4 Å². The molecule has 0 aromatic heterocycles. The SMILES string of the molecule is CC1SCCCCOC1(C)O. The molecule has 0 spiro atoms. The smallest absolute Gasteiger partial charge is 0.174 e. The van der Waals surface area contributed by atoms with E-state index in [0.717, 1.165) is 12.2 Å². The summed E-state index contributed by atoms with van der Waals surface area (Å²) in [6.07, 6.45) is 2.26. The number of thioether (sulfide) groups is 1. The van der Waals surface area contributed by atoms with Crippen molar-refractivity contribution in [2.75, 3.05) is 12.4 Å². The van der Waals surface area contributed by atoms with Crippen molar-refractivity contribution >= 4 is 11.8 Å². The molecule has 0 bridgehead atoms. The Morgan fingerprint density at radius 3 is 3.00 bits per heavy atom. The lowest BCUT2D eigenvalue weighted by molar-refractivity contribution is -0.188. The summed E-state index contributed by atoms with van der Waals surface area (Å²) in [6.45, 7) is 4.45. The van der Waals surface area contributed by atoms with Gasteiger partial charge in [-0.3, -0.25) is 0 Å². The number of aliphatic hydroxyl groups is 1. The quantitative estimate of drug-likeness (QED) is 0.608. The molecule has 1 fully saturated rings. The number of rotatable bonds is 0. The lowest BCUT2D eigenvalue weighted by Gasteiger charge is -2.31. The van der Waals surface area contributed by atoms with Crippen LogP contribution in [0.5, 0.6) is 0 Å². The van der Waals surface area contributed by atoms with Gasteiger partial charge in [-0.1, -0.05) is 0 Å². The zero-order chi connectivity index (χ0) is 8.32. The second kappa shape index (κ2) is 3.78. The van der Waals surface area contributed by atoms with Gasteiger partial charge in [0.1, 0.15) is 0 Å². The first-order chi connectivity index (χ1) is 5.13. The third-order valence-electron chi connectivity index (χ3n) is 2.06. The van der Waals surface area contributed by atoms with E-state index in [-0.39, 0.29) is 5.25 Å². The Balaban J connectivity index is 2.47. The predicted octanol–water partition coefficient (Wildman–Crippen LogP) is 1.63. The molecule has 0 amide bonds. The van der Waals surface area contributed by atoms with Gasteiger partial charge in [-0.15, -0.1) is 0 Å². The average molecular weight is 176 g/mol. The van der Waals surface area contributed by atoms with Gasteiger partial charge in [0.05, 0.1) is 11.9 Å². The molecule has 0 aromatic carbocycles. The summed E-state index contributed by atoms with van der Waals surface area (Å²) in [5.41, 5.74) is 0. The Labute approximate surface area is 72.3 Å². The zero-order valence-corrected chi connectivity index (χ0v) is 7.99. The molecule has 1 aliphatic rings. The molecular weight excluding hydrogens is 160 g/mol. The van der Waals surface area contributed by atoms with Crippen LogP contribution in [0.2, 0.25) is 0 Å². The standard InChI is InChI=1S/C8H16O2S/c1-7-8(2,9)10-5-3-4-6-11-7/h7,9H,3-6H2,1-2H3. The minimum absolute atomic E-state index is 0.183. The summed E-state index contributed by atoms with van der Waals surface area (Å²) in [5.74, 6) is 0.214. The minimum Gasteiger partial charge on any atom is -0.365 e. The highest BCUT2D eigenvalue weighted by molar-refractivity contribution is 7.99. The lowest BCUT2D eigenvalue weighted by Crippen LogP contribution is -2.39. The fourth-order valence-corrected chi connectivity index (χ4v) is 2.12. The minimum atomic E-state index is -0.926. The van der Waals surface area contributed by atoms with Crippen molar-refractivity contribution < 1.29 is 9.84 Å². The van der Waals surface area contributed by atoms with Gasteiger partial charge in [0.15, 0.2) is 5.79 Å². The van der Waals surface area contributed by atoms with Crippen LogP contribution in [-0.2, 0) is 4.74 Å². The van der Waals surface area contributed by atoms with Gasteiger partial charge < -0.3 is 9.84 Å². The number of hydrogen-bond acceptors (Lipinski definition) is 3. The van der Waals surface area contributed by atoms with E-state index < -0.39 is 5.79 Å². The molecule has 2 atom stereocenters. The van der Waals surface area contributed by atoms with E-state index in [1.807, 2.05) is 6.92 Å². The van der Waals surface area contributed by atoms with Crippen LogP contribution in [0.25, 0.3) is 0 Å². The monoisotopic (exact) mass is 176 g/mol. The Bertz CT molecular complexity index is 125. The largest absolute Gasteiger partial charge is 0.365 e. The van der Waals surface area contributed by atoms with Crippen LogP contribution in [0.15, 0.2) is 0 Å². The second-order valence-electron chi connectivity index (χ2n) is 3.12. The predicted molar refractivity (Wildman–Crippen MR) is 47.7 cm³/mol. The molecule has 1 aliphatic heterocycles. The van der Waals surface area contributed by atoms with Crippen LogP contribution in [-0.4, -0.2) is 28.5 Å². The van der Waals surface area contributed by atoms with Gasteiger partial charge in [0.2, 0.25) is 0 Å². The van der Waals surface area contributed by atoms with E-state index >= 15 is 0 Å². The summed E-state index contributed by atoms with van der Waals surface area (Å²) in [5, 5.41) is 9.89. The van der Waals surface area contributed by atoms with Gasteiger partial charge >= 0.3 is 0 Å². The van der Waals surface area contributed by atoms with Gasteiger partial charge in [0, 0.05) is 0 Å². The molecule has 1 N–H and O–H groups in total. The van der Waals surface area contributed by atoms with E-state index in [1.54, 1.807) is 18.7 Å². The van der Waals surface area contributed by atoms with E-state index in [2.05, 4.69) is 0 Å². The summed E-state index contributed by atoms with van der Waals surface area (Å²) >= 11 is 1.78. The molecule has 2 unspecified atom stereocenters. The van der Waals surface area contributed by atoms with Crippen LogP contribution in [0.3, 0.4) is 0 Å². The normalized spacial score (nSPS) is 41.2. The molecule has 1 saturated heterocycles. The van der Waals surface area contributed by atoms with Gasteiger partial charge in [-0.25, -0.2) is 0 Å². The van der Waals surface area contributed by atoms with Crippen LogP contribution < -0.4 is 0 Å². The molecule has 0 aliphatic carbocycles. The number of ether oxygens (including phenoxy) is 1. The van der Waals surface area contributed by atoms with Crippen LogP contribution >= 0.6 is 11.8 Å². The van der Waals surface area contributed by atoms with Crippen LogP contribution in [0.1, 0.15) is 26.7 Å². The maximum Gasteiger partial charge on any atom is 0.174 e. The van der Waals surface area contributed by atoms with Gasteiger partial charge in [0.25, 0.3) is 0 Å². The summed E-state index contributed by atoms with van der Waals surface area (Å²) in [6, 6.07) is 0. The highest BCUT2D eigenvalue weighted by Crippen LogP contribution is 2.27. The molecule has 11 heavy (non-hydrogen) atoms. The molecule has 66 valence electrons. The summed E-state index contributed by atoms with van der Waals surface area (Å²) < 4.78 is 5.32. The Morgan fingerprint density at radius 2 is 2.27 bits per heavy atom. The van der Waals surface area contributed by atoms with Crippen molar-refractivity contribution in [3.63, 3.8) is 0 Å². The molecule has 0 aromatic rings. The molecule has 1 heterocycles. The summed E-state index contributed by atoms with van der Waals surface area (Å²) in [7, 11) is 0. The van der Waals surface area contributed by atoms with E-state index in [1.165, 1.54) is 6.42 Å². The maximum absolute atomic E-state index is 9.70. The van der Waals surface area contributed by atoms with Crippen molar-refractivity contribution in [1.29, 1.82) is 0 Å². The van der Waals surface area contributed by atoms with E-state index in [9.17, 15) is 5.11 Å². The Kier molecular flexibility index (Phi) is 3.22. The van der Waals surface area contributed by atoms with Gasteiger partial charge in [-0.2, -0.15) is 11.8 Å². The third-order valence-corrected chi connectivity index (χ3v) is 3.52. The highest BCUT2D eigenvalue weighted by atomic mass is 32.2. The molecule has 0 radical (unpaired) electrons. The van der Waals surface area contributed by atoms with E-state index in [0.29, 0.717) is 6.61 Å². The maximum atomic E-state index is 9.70. The molecular formula is C8H16O2S. The third kappa shape index (κ3) is 2.65. The Hall–Kier alpha value is 0.270. The van der Waals surface area contributed by atoms with Crippen LogP contribution in [0, 0.1) is 0 Å². The van der Waals surface area contributed by atoms with Crippen LogP contribution in [0.4, 0.5) is 0 Å². The molecule has 3 heteroatoms. The van der Waals surface area contributed by atoms with Crippen molar-refractivity contribution in [1.82, 2.24) is 0 Å². The first-order valence-electron chi connectivity index (χ1n) is 4.11. The topological polar surface area (TPSA) is 29.5 Å². The lowest BCUT2D eigenvalue weighted by atomic mass is 10.2. The molecule has 1 rings (SSSR count). The van der Waals surface area contributed by atoms with Crippen molar-refractivity contribution in [2.24, 2.45) is 0 Å². The zero-order valence-electron chi connectivity index (χ0n) is 7.17. The van der Waals surface area contributed by atoms with Crippen molar-refractivity contribution in [3.05, 3.63) is 0 Å². The average Bonchev–Trinajstić information content (AvgIpc) is 1.93. The van der Waals surface area contributed by atoms with Crippen molar-refractivity contribution in [3.8, 4) is 0 Å². The molecule has 2 nitrogen and oxygen atoms in total.